The molecule has 2 fully saturated rings. The van der Waals surface area contributed by atoms with Gasteiger partial charge in [-0.3, -0.25) is 0 Å². The molecule has 0 aromatic carbocycles. The minimum atomic E-state index is -0.927. The maximum absolute atomic E-state index is 11.2. The number of hydrogen-bond acceptors (Lipinski definition) is 7. The summed E-state index contributed by atoms with van der Waals surface area (Å²) in [5, 5.41) is 19.2. The van der Waals surface area contributed by atoms with Crippen LogP contribution in [-0.2, 0) is 23.7 Å². The summed E-state index contributed by atoms with van der Waals surface area (Å²) in [7, 11) is 0. The molecule has 0 bridgehead atoms. The third-order valence-corrected chi connectivity index (χ3v) is 3.24. The summed E-state index contributed by atoms with van der Waals surface area (Å²) in [6.45, 7) is 5.36. The van der Waals surface area contributed by atoms with Crippen molar-refractivity contribution in [2.45, 2.75) is 37.4 Å². The standard InChI is InChI=1S/C13H20O7/c1-7(2)13(16)20-4-8(14)3-17-10-6-19-11-9(15)5-18-12(10)11/h8-12,14-15H,1,3-6H2,2H3. The van der Waals surface area contributed by atoms with Crippen molar-refractivity contribution in [1.82, 2.24) is 0 Å². The van der Waals surface area contributed by atoms with E-state index in [2.05, 4.69) is 6.58 Å². The molecule has 0 spiro atoms. The molecule has 0 radical (unpaired) electrons. The highest BCUT2D eigenvalue weighted by molar-refractivity contribution is 5.86. The van der Waals surface area contributed by atoms with Gasteiger partial charge in [-0.05, 0) is 6.92 Å². The second kappa shape index (κ2) is 6.64. The summed E-state index contributed by atoms with van der Waals surface area (Å²) in [5.41, 5.74) is 0.276. The number of carbonyl (C=O) groups excluding carboxylic acids is 1. The van der Waals surface area contributed by atoms with E-state index in [0.717, 1.165) is 0 Å². The smallest absolute Gasteiger partial charge is 0.333 e. The summed E-state index contributed by atoms with van der Waals surface area (Å²) in [6.07, 6.45) is -2.56. The van der Waals surface area contributed by atoms with Crippen LogP contribution in [0.25, 0.3) is 0 Å². The molecular formula is C13H20O7. The van der Waals surface area contributed by atoms with Gasteiger partial charge < -0.3 is 29.2 Å². The monoisotopic (exact) mass is 288 g/mol. The Morgan fingerprint density at radius 2 is 2.05 bits per heavy atom. The summed E-state index contributed by atoms with van der Waals surface area (Å²) in [5.74, 6) is -0.546. The van der Waals surface area contributed by atoms with Gasteiger partial charge in [-0.15, -0.1) is 0 Å². The lowest BCUT2D eigenvalue weighted by atomic mass is 10.1. The van der Waals surface area contributed by atoms with Gasteiger partial charge in [0.25, 0.3) is 0 Å². The van der Waals surface area contributed by atoms with Crippen molar-refractivity contribution in [2.75, 3.05) is 26.4 Å². The Morgan fingerprint density at radius 1 is 1.35 bits per heavy atom. The molecule has 2 heterocycles. The average molecular weight is 288 g/mol. The van der Waals surface area contributed by atoms with Crippen molar-refractivity contribution in [3.63, 3.8) is 0 Å². The van der Waals surface area contributed by atoms with Gasteiger partial charge in [0.15, 0.2) is 0 Å². The first kappa shape index (κ1) is 15.4. The molecule has 0 aromatic heterocycles. The van der Waals surface area contributed by atoms with Gasteiger partial charge in [-0.2, -0.15) is 0 Å². The third kappa shape index (κ3) is 3.56. The molecule has 7 heteroatoms. The molecule has 2 aliphatic heterocycles. The Balaban J connectivity index is 1.68. The van der Waals surface area contributed by atoms with Gasteiger partial charge in [0.05, 0.1) is 19.8 Å². The maximum Gasteiger partial charge on any atom is 0.333 e. The van der Waals surface area contributed by atoms with E-state index in [1.807, 2.05) is 0 Å². The molecule has 7 nitrogen and oxygen atoms in total. The molecule has 0 aliphatic carbocycles. The van der Waals surface area contributed by atoms with Crippen LogP contribution in [0.1, 0.15) is 6.92 Å². The van der Waals surface area contributed by atoms with E-state index in [-0.39, 0.29) is 43.7 Å². The van der Waals surface area contributed by atoms with Gasteiger partial charge in [-0.1, -0.05) is 6.58 Å². The van der Waals surface area contributed by atoms with Gasteiger partial charge in [0.1, 0.15) is 37.1 Å². The molecule has 5 atom stereocenters. The SMILES string of the molecule is C=C(C)C(=O)OCC(O)COC1COC2C(O)COC12. The number of esters is 1. The van der Waals surface area contributed by atoms with Gasteiger partial charge in [-0.25, -0.2) is 4.79 Å². The van der Waals surface area contributed by atoms with Crippen molar-refractivity contribution in [3.8, 4) is 0 Å². The lowest BCUT2D eigenvalue weighted by Gasteiger charge is -2.19. The Morgan fingerprint density at radius 3 is 2.75 bits per heavy atom. The Kier molecular flexibility index (Phi) is 5.11. The molecule has 0 saturated carbocycles. The number of carbonyl (C=O) groups is 1. The van der Waals surface area contributed by atoms with Crippen LogP contribution in [-0.4, -0.2) is 73.1 Å². The highest BCUT2D eigenvalue weighted by atomic mass is 16.6. The topological polar surface area (TPSA) is 94.5 Å². The largest absolute Gasteiger partial charge is 0.460 e. The van der Waals surface area contributed by atoms with E-state index in [9.17, 15) is 15.0 Å². The van der Waals surface area contributed by atoms with Crippen LogP contribution in [0.3, 0.4) is 0 Å². The molecule has 114 valence electrons. The van der Waals surface area contributed by atoms with Crippen LogP contribution in [0.5, 0.6) is 0 Å². The van der Waals surface area contributed by atoms with Crippen LogP contribution in [0.2, 0.25) is 0 Å². The van der Waals surface area contributed by atoms with Gasteiger partial charge in [0, 0.05) is 5.57 Å². The average Bonchev–Trinajstić information content (AvgIpc) is 2.97. The van der Waals surface area contributed by atoms with Crippen molar-refractivity contribution in [2.24, 2.45) is 0 Å². The molecule has 20 heavy (non-hydrogen) atoms. The lowest BCUT2D eigenvalue weighted by Crippen LogP contribution is -2.35. The first-order valence-corrected chi connectivity index (χ1v) is 6.52. The summed E-state index contributed by atoms with van der Waals surface area (Å²) in [6, 6.07) is 0. The fourth-order valence-electron chi connectivity index (χ4n) is 2.16. The first-order chi connectivity index (χ1) is 9.49. The molecule has 2 N–H and O–H groups in total. The van der Waals surface area contributed by atoms with E-state index in [1.165, 1.54) is 6.92 Å². The Bertz CT molecular complexity index is 370. The Hall–Kier alpha value is -0.990. The highest BCUT2D eigenvalue weighted by Crippen LogP contribution is 2.28. The fraction of sp³-hybridized carbons (Fsp3) is 0.769. The summed E-state index contributed by atoms with van der Waals surface area (Å²) < 4.78 is 21.1. The zero-order valence-electron chi connectivity index (χ0n) is 11.4. The number of fused-ring (bicyclic) bond motifs is 1. The molecule has 2 saturated heterocycles. The number of ether oxygens (including phenoxy) is 4. The lowest BCUT2D eigenvalue weighted by molar-refractivity contribution is -0.144. The predicted molar refractivity (Wildman–Crippen MR) is 67.0 cm³/mol. The van der Waals surface area contributed by atoms with Crippen molar-refractivity contribution < 1.29 is 34.0 Å². The van der Waals surface area contributed by atoms with E-state index < -0.39 is 18.2 Å². The van der Waals surface area contributed by atoms with Crippen molar-refractivity contribution in [3.05, 3.63) is 12.2 Å². The number of rotatable bonds is 6. The van der Waals surface area contributed by atoms with Crippen LogP contribution in [0, 0.1) is 0 Å². The fourth-order valence-corrected chi connectivity index (χ4v) is 2.16. The molecule has 5 unspecified atom stereocenters. The molecular weight excluding hydrogens is 268 g/mol. The maximum atomic E-state index is 11.2. The Labute approximate surface area is 117 Å². The number of aliphatic hydroxyl groups excluding tert-OH is 2. The molecule has 2 aliphatic rings. The van der Waals surface area contributed by atoms with Gasteiger partial charge >= 0.3 is 5.97 Å². The van der Waals surface area contributed by atoms with Crippen molar-refractivity contribution in [1.29, 1.82) is 0 Å². The number of aliphatic hydroxyl groups is 2. The predicted octanol–water partition coefficient (Wildman–Crippen LogP) is -0.990. The molecule has 0 aromatic rings. The van der Waals surface area contributed by atoms with Gasteiger partial charge in [0.2, 0.25) is 0 Å². The quantitative estimate of drug-likeness (QED) is 0.478. The van der Waals surface area contributed by atoms with E-state index >= 15 is 0 Å². The second-order valence-corrected chi connectivity index (χ2v) is 5.07. The van der Waals surface area contributed by atoms with Crippen molar-refractivity contribution >= 4 is 5.97 Å². The second-order valence-electron chi connectivity index (χ2n) is 5.07. The van der Waals surface area contributed by atoms with Crippen LogP contribution in [0.15, 0.2) is 12.2 Å². The van der Waals surface area contributed by atoms with Crippen LogP contribution >= 0.6 is 0 Å². The first-order valence-electron chi connectivity index (χ1n) is 6.52. The summed E-state index contributed by atoms with van der Waals surface area (Å²) >= 11 is 0. The summed E-state index contributed by atoms with van der Waals surface area (Å²) in [4.78, 5) is 11.2. The zero-order chi connectivity index (χ0) is 14.7. The van der Waals surface area contributed by atoms with E-state index in [4.69, 9.17) is 18.9 Å². The third-order valence-electron chi connectivity index (χ3n) is 3.24. The zero-order valence-corrected chi connectivity index (χ0v) is 11.4. The van der Waals surface area contributed by atoms with E-state index in [1.54, 1.807) is 0 Å². The van der Waals surface area contributed by atoms with E-state index in [0.29, 0.717) is 6.61 Å². The molecule has 0 amide bonds. The number of hydrogen-bond donors (Lipinski definition) is 2. The minimum absolute atomic E-state index is 0.000171. The molecule has 2 rings (SSSR count). The highest BCUT2D eigenvalue weighted by Gasteiger charge is 2.47. The van der Waals surface area contributed by atoms with Crippen LogP contribution in [0.4, 0.5) is 0 Å². The normalized spacial score (nSPS) is 33.8. The minimum Gasteiger partial charge on any atom is -0.460 e. The van der Waals surface area contributed by atoms with Crippen LogP contribution < -0.4 is 0 Å².